The van der Waals surface area contributed by atoms with Crippen molar-refractivity contribution in [3.05, 3.63) is 61.0 Å². The van der Waals surface area contributed by atoms with Crippen LogP contribution in [0.5, 0.6) is 0 Å². The number of nitrogens with zero attached hydrogens (tertiary/aromatic N) is 1. The highest BCUT2D eigenvalue weighted by Crippen LogP contribution is 2.32. The second-order valence-corrected chi connectivity index (χ2v) is 10.0. The van der Waals surface area contributed by atoms with E-state index >= 15 is 0 Å². The molecule has 0 bridgehead atoms. The number of rotatable bonds is 7. The average Bonchev–Trinajstić information content (AvgIpc) is 2.73. The minimum absolute atomic E-state index is 0.155. The number of amides is 1. The third-order valence-corrected chi connectivity index (χ3v) is 6.47. The number of anilines is 1. The summed E-state index contributed by atoms with van der Waals surface area (Å²) in [6.45, 7) is 12.8. The lowest BCUT2D eigenvalue weighted by Crippen LogP contribution is -2.42. The van der Waals surface area contributed by atoms with E-state index in [1.54, 1.807) is 0 Å². The number of halogens is 1. The number of H-pyrrole nitrogens is 1. The van der Waals surface area contributed by atoms with E-state index in [1.165, 1.54) is 0 Å². The van der Waals surface area contributed by atoms with Crippen molar-refractivity contribution in [3.8, 4) is 0 Å². The number of benzene rings is 1. The molecule has 3 rings (SSSR count). The molecule has 1 aliphatic rings. The van der Waals surface area contributed by atoms with Gasteiger partial charge < -0.3 is 19.9 Å². The maximum absolute atomic E-state index is 13.2. The lowest BCUT2D eigenvalue weighted by atomic mass is 9.99. The molecule has 0 unspecified atom stereocenters. The van der Waals surface area contributed by atoms with Gasteiger partial charge >= 0.3 is 0 Å². The zero-order valence-corrected chi connectivity index (χ0v) is 21.3. The van der Waals surface area contributed by atoms with Crippen LogP contribution in [0.2, 0.25) is 0 Å². The summed E-state index contributed by atoms with van der Waals surface area (Å²) in [5.74, 6) is 0.311. The maximum atomic E-state index is 13.2. The summed E-state index contributed by atoms with van der Waals surface area (Å²) in [6.07, 6.45) is 1.96. The number of aromatic amines is 1. The Hall–Kier alpha value is -2.12. The van der Waals surface area contributed by atoms with Crippen molar-refractivity contribution >= 4 is 27.5 Å². The molecular formula is C25H34BrN3O3. The lowest BCUT2D eigenvalue weighted by molar-refractivity contribution is 0.0838. The standard InChI is InChI=1S/C25H34BrN3O3/c1-15(2)14-29(20-6-8-32-9-7-20)23-12-19(26)11-21(18(23)5)24(30)27-13-22-16(3)10-17(4)28-25(22)31/h10-12,15,20H,6-9,13-14H2,1-5H3,(H,27,30)(H,28,31). The average molecular weight is 504 g/mol. The molecule has 6 nitrogen and oxygen atoms in total. The molecule has 7 heteroatoms. The van der Waals surface area contributed by atoms with Gasteiger partial charge in [0.1, 0.15) is 0 Å². The van der Waals surface area contributed by atoms with E-state index in [-0.39, 0.29) is 18.0 Å². The van der Waals surface area contributed by atoms with Crippen LogP contribution in [0.4, 0.5) is 5.69 Å². The number of aromatic nitrogens is 1. The Morgan fingerprint density at radius 1 is 1.22 bits per heavy atom. The molecule has 1 amide bonds. The van der Waals surface area contributed by atoms with Crippen LogP contribution in [0.3, 0.4) is 0 Å². The summed E-state index contributed by atoms with van der Waals surface area (Å²) in [5, 5.41) is 2.95. The molecule has 1 aliphatic heterocycles. The SMILES string of the molecule is Cc1cc(C)c(CNC(=O)c2cc(Br)cc(N(CC(C)C)C3CCOCC3)c2C)c(=O)[nH]1. The van der Waals surface area contributed by atoms with Crippen LogP contribution in [-0.2, 0) is 11.3 Å². The predicted octanol–water partition coefficient (Wildman–Crippen LogP) is 4.63. The Labute approximate surface area is 198 Å². The number of aryl methyl sites for hydroxylation is 2. The Morgan fingerprint density at radius 2 is 1.91 bits per heavy atom. The number of ether oxygens (including phenoxy) is 1. The van der Waals surface area contributed by atoms with Gasteiger partial charge in [0, 0.05) is 59.3 Å². The van der Waals surface area contributed by atoms with Crippen LogP contribution < -0.4 is 15.8 Å². The van der Waals surface area contributed by atoms with Crippen molar-refractivity contribution in [2.45, 2.75) is 60.0 Å². The molecule has 32 heavy (non-hydrogen) atoms. The first-order valence-corrected chi connectivity index (χ1v) is 12.1. The van der Waals surface area contributed by atoms with Gasteiger partial charge in [-0.3, -0.25) is 9.59 Å². The van der Waals surface area contributed by atoms with Gasteiger partial charge in [0.2, 0.25) is 0 Å². The van der Waals surface area contributed by atoms with E-state index in [0.717, 1.165) is 59.6 Å². The van der Waals surface area contributed by atoms with Gasteiger partial charge in [-0.15, -0.1) is 0 Å². The van der Waals surface area contributed by atoms with Crippen molar-refractivity contribution in [3.63, 3.8) is 0 Å². The Kier molecular flexibility index (Phi) is 8.17. The molecule has 1 fully saturated rings. The summed E-state index contributed by atoms with van der Waals surface area (Å²) in [7, 11) is 0. The van der Waals surface area contributed by atoms with Gasteiger partial charge in [-0.2, -0.15) is 0 Å². The highest BCUT2D eigenvalue weighted by Gasteiger charge is 2.26. The monoisotopic (exact) mass is 503 g/mol. The Morgan fingerprint density at radius 3 is 2.53 bits per heavy atom. The first kappa shape index (κ1) is 24.5. The highest BCUT2D eigenvalue weighted by molar-refractivity contribution is 9.10. The first-order valence-electron chi connectivity index (χ1n) is 11.3. The number of carbonyl (C=O) groups is 1. The third-order valence-electron chi connectivity index (χ3n) is 6.01. The number of hydrogen-bond donors (Lipinski definition) is 2. The molecule has 174 valence electrons. The van der Waals surface area contributed by atoms with Crippen molar-refractivity contribution in [1.82, 2.24) is 10.3 Å². The maximum Gasteiger partial charge on any atom is 0.253 e. The van der Waals surface area contributed by atoms with E-state index < -0.39 is 0 Å². The summed E-state index contributed by atoms with van der Waals surface area (Å²) >= 11 is 3.61. The normalized spacial score (nSPS) is 14.6. The van der Waals surface area contributed by atoms with Crippen LogP contribution in [0.15, 0.2) is 27.5 Å². The van der Waals surface area contributed by atoms with Crippen molar-refractivity contribution in [2.75, 3.05) is 24.7 Å². The predicted molar refractivity (Wildman–Crippen MR) is 133 cm³/mol. The minimum atomic E-state index is -0.180. The third kappa shape index (κ3) is 5.81. The van der Waals surface area contributed by atoms with Gasteiger partial charge in [-0.25, -0.2) is 0 Å². The molecule has 0 radical (unpaired) electrons. The molecule has 2 aromatic rings. The van der Waals surface area contributed by atoms with Crippen LogP contribution in [-0.4, -0.2) is 36.7 Å². The van der Waals surface area contributed by atoms with Crippen molar-refractivity contribution < 1.29 is 9.53 Å². The fourth-order valence-corrected chi connectivity index (χ4v) is 4.84. The van der Waals surface area contributed by atoms with E-state index in [1.807, 2.05) is 32.9 Å². The fraction of sp³-hybridized carbons (Fsp3) is 0.520. The van der Waals surface area contributed by atoms with Crippen molar-refractivity contribution in [1.29, 1.82) is 0 Å². The smallest absolute Gasteiger partial charge is 0.253 e. The van der Waals surface area contributed by atoms with Crippen LogP contribution in [0, 0.1) is 26.7 Å². The molecular weight excluding hydrogens is 470 g/mol. The van der Waals surface area contributed by atoms with Crippen molar-refractivity contribution in [2.24, 2.45) is 5.92 Å². The zero-order chi connectivity index (χ0) is 23.4. The number of hydrogen-bond acceptors (Lipinski definition) is 4. The summed E-state index contributed by atoms with van der Waals surface area (Å²) in [4.78, 5) is 30.7. The molecule has 2 N–H and O–H groups in total. The van der Waals surface area contributed by atoms with E-state index in [2.05, 4.69) is 51.0 Å². The van der Waals surface area contributed by atoms with Gasteiger partial charge in [0.05, 0.1) is 0 Å². The molecule has 0 atom stereocenters. The fourth-order valence-electron chi connectivity index (χ4n) is 4.40. The first-order chi connectivity index (χ1) is 15.2. The molecule has 0 spiro atoms. The topological polar surface area (TPSA) is 74.4 Å². The molecule has 0 aliphatic carbocycles. The summed E-state index contributed by atoms with van der Waals surface area (Å²) in [5.41, 5.74) is 4.77. The second kappa shape index (κ2) is 10.7. The number of carbonyl (C=O) groups excluding carboxylic acids is 1. The Balaban J connectivity index is 1.89. The molecule has 2 heterocycles. The van der Waals surface area contributed by atoms with Gasteiger partial charge in [-0.05, 0) is 68.9 Å². The van der Waals surface area contributed by atoms with E-state index in [4.69, 9.17) is 4.74 Å². The molecule has 0 saturated carbocycles. The van der Waals surface area contributed by atoms with E-state index in [0.29, 0.717) is 23.1 Å². The Bertz CT molecular complexity index is 1030. The summed E-state index contributed by atoms with van der Waals surface area (Å²) in [6, 6.07) is 6.28. The highest BCUT2D eigenvalue weighted by atomic mass is 79.9. The van der Waals surface area contributed by atoms with Crippen LogP contribution >= 0.6 is 15.9 Å². The quantitative estimate of drug-likeness (QED) is 0.577. The number of nitrogens with one attached hydrogen (secondary N) is 2. The molecule has 1 aromatic carbocycles. The largest absolute Gasteiger partial charge is 0.381 e. The molecule has 1 saturated heterocycles. The summed E-state index contributed by atoms with van der Waals surface area (Å²) < 4.78 is 6.45. The van der Waals surface area contributed by atoms with E-state index in [9.17, 15) is 9.59 Å². The van der Waals surface area contributed by atoms with Gasteiger partial charge in [0.15, 0.2) is 0 Å². The second-order valence-electron chi connectivity index (χ2n) is 9.11. The minimum Gasteiger partial charge on any atom is -0.381 e. The van der Waals surface area contributed by atoms with Crippen LogP contribution in [0.1, 0.15) is 59.4 Å². The lowest BCUT2D eigenvalue weighted by Gasteiger charge is -2.38. The van der Waals surface area contributed by atoms with Gasteiger partial charge in [0.25, 0.3) is 11.5 Å². The number of pyridine rings is 1. The van der Waals surface area contributed by atoms with Crippen LogP contribution in [0.25, 0.3) is 0 Å². The zero-order valence-electron chi connectivity index (χ0n) is 19.7. The van der Waals surface area contributed by atoms with Gasteiger partial charge in [-0.1, -0.05) is 29.8 Å². The molecule has 1 aromatic heterocycles.